The molecule has 0 saturated carbocycles. The summed E-state index contributed by atoms with van der Waals surface area (Å²) in [6.45, 7) is 5.85. The number of aliphatic hydroxyl groups is 2. The van der Waals surface area contributed by atoms with Crippen molar-refractivity contribution in [3.8, 4) is 28.6 Å². The number of aliphatic hydroxyl groups excluding tert-OH is 2. The molecule has 0 unspecified atom stereocenters. The van der Waals surface area contributed by atoms with Crippen LogP contribution in [0.2, 0.25) is 0 Å². The first-order valence-electron chi connectivity index (χ1n) is 11.0. The van der Waals surface area contributed by atoms with Crippen LogP contribution in [0.15, 0.2) is 40.9 Å². The number of nitrogens with two attached hydrogens (primary N) is 1. The highest BCUT2D eigenvalue weighted by Gasteiger charge is 2.18. The number of benzene rings is 2. The number of hydrogen-bond donors (Lipinski definition) is 3. The van der Waals surface area contributed by atoms with Gasteiger partial charge in [0.2, 0.25) is 5.82 Å². The van der Waals surface area contributed by atoms with Crippen molar-refractivity contribution < 1.29 is 19.5 Å². The summed E-state index contributed by atoms with van der Waals surface area (Å²) in [7, 11) is 0. The Labute approximate surface area is 187 Å². The first-order valence-corrected chi connectivity index (χ1v) is 11.0. The molecule has 1 aliphatic heterocycles. The number of rotatable bonds is 7. The molecule has 0 fully saturated rings. The third-order valence-electron chi connectivity index (χ3n) is 5.58. The lowest BCUT2D eigenvalue weighted by molar-refractivity contribution is 0.0605. The number of nitrogen functional groups attached to an aromatic ring is 1. The molecule has 1 atom stereocenters. The van der Waals surface area contributed by atoms with Gasteiger partial charge < -0.3 is 30.1 Å². The fourth-order valence-electron chi connectivity index (χ4n) is 3.95. The van der Waals surface area contributed by atoms with Crippen molar-refractivity contribution >= 4 is 5.69 Å². The van der Waals surface area contributed by atoms with Crippen LogP contribution in [0.4, 0.5) is 5.69 Å². The minimum atomic E-state index is -0.704. The Morgan fingerprint density at radius 2 is 1.84 bits per heavy atom. The molecule has 0 amide bonds. The second-order valence-electron chi connectivity index (χ2n) is 8.46. The Bertz CT molecular complexity index is 1070. The monoisotopic (exact) mass is 438 g/mol. The number of nitrogens with zero attached hydrogens (tertiary/aromatic N) is 3. The van der Waals surface area contributed by atoms with Crippen LogP contribution in [0.1, 0.15) is 25.0 Å². The van der Waals surface area contributed by atoms with Crippen molar-refractivity contribution in [2.24, 2.45) is 0 Å². The van der Waals surface area contributed by atoms with Gasteiger partial charge in [0.1, 0.15) is 5.75 Å². The number of fused-ring (bicyclic) bond motifs is 1. The van der Waals surface area contributed by atoms with Crippen molar-refractivity contribution in [1.29, 1.82) is 0 Å². The van der Waals surface area contributed by atoms with Crippen molar-refractivity contribution in [2.75, 3.05) is 32.0 Å². The van der Waals surface area contributed by atoms with E-state index in [-0.39, 0.29) is 12.7 Å². The maximum atomic E-state index is 9.75. The lowest BCUT2D eigenvalue weighted by Crippen LogP contribution is -2.35. The van der Waals surface area contributed by atoms with E-state index >= 15 is 0 Å². The second-order valence-corrected chi connectivity index (χ2v) is 8.46. The van der Waals surface area contributed by atoms with Gasteiger partial charge in [-0.05, 0) is 62.1 Å². The topological polar surface area (TPSA) is 118 Å². The highest BCUT2D eigenvalue weighted by molar-refractivity contribution is 5.67. The first-order chi connectivity index (χ1) is 15.4. The van der Waals surface area contributed by atoms with Crippen LogP contribution in [0.3, 0.4) is 0 Å². The zero-order valence-corrected chi connectivity index (χ0v) is 18.5. The summed E-state index contributed by atoms with van der Waals surface area (Å²) in [6.07, 6.45) is 1.10. The molecule has 0 aliphatic carbocycles. The summed E-state index contributed by atoms with van der Waals surface area (Å²) in [5.41, 5.74) is 10.8. The fourth-order valence-corrected chi connectivity index (χ4v) is 3.95. The molecule has 0 radical (unpaired) electrons. The fraction of sp³-hybridized carbons (Fsp3) is 0.417. The van der Waals surface area contributed by atoms with Crippen molar-refractivity contribution in [3.05, 3.63) is 47.5 Å². The van der Waals surface area contributed by atoms with Crippen LogP contribution in [0.5, 0.6) is 5.75 Å². The minimum Gasteiger partial charge on any atom is -0.489 e. The van der Waals surface area contributed by atoms with Crippen LogP contribution in [-0.2, 0) is 12.8 Å². The Morgan fingerprint density at radius 3 is 2.56 bits per heavy atom. The zero-order chi connectivity index (χ0) is 22.7. The van der Waals surface area contributed by atoms with E-state index in [1.807, 2.05) is 32.0 Å². The van der Waals surface area contributed by atoms with E-state index in [2.05, 4.69) is 27.2 Å². The molecule has 8 heteroatoms. The van der Waals surface area contributed by atoms with Gasteiger partial charge in [0.25, 0.3) is 5.89 Å². The maximum absolute atomic E-state index is 9.75. The van der Waals surface area contributed by atoms with Gasteiger partial charge in [0, 0.05) is 30.8 Å². The molecule has 2 heterocycles. The number of β-amino-alcohol motifs (C(OH)–C–C–N with tert-alkyl or cyclic N) is 1. The molecule has 4 rings (SSSR count). The Kier molecular flexibility index (Phi) is 6.74. The average molecular weight is 439 g/mol. The van der Waals surface area contributed by atoms with Gasteiger partial charge >= 0.3 is 0 Å². The van der Waals surface area contributed by atoms with Crippen LogP contribution in [0.25, 0.3) is 22.8 Å². The van der Waals surface area contributed by atoms with Crippen molar-refractivity contribution in [1.82, 2.24) is 15.0 Å². The van der Waals surface area contributed by atoms with E-state index in [4.69, 9.17) is 20.1 Å². The zero-order valence-electron chi connectivity index (χ0n) is 18.5. The smallest absolute Gasteiger partial charge is 0.258 e. The molecule has 170 valence electrons. The first kappa shape index (κ1) is 22.3. The number of aromatic nitrogens is 2. The summed E-state index contributed by atoms with van der Waals surface area (Å²) in [6, 6.07) is 11.7. The van der Waals surface area contributed by atoms with E-state index in [0.717, 1.165) is 37.1 Å². The van der Waals surface area contributed by atoms with Gasteiger partial charge in [-0.25, -0.2) is 0 Å². The highest BCUT2D eigenvalue weighted by atomic mass is 16.5. The minimum absolute atomic E-state index is 0.0400. The van der Waals surface area contributed by atoms with E-state index in [1.54, 1.807) is 6.07 Å². The van der Waals surface area contributed by atoms with E-state index in [9.17, 15) is 5.11 Å². The largest absolute Gasteiger partial charge is 0.489 e. The third kappa shape index (κ3) is 5.09. The Morgan fingerprint density at radius 1 is 1.09 bits per heavy atom. The molecule has 2 aromatic carbocycles. The van der Waals surface area contributed by atoms with E-state index < -0.39 is 6.10 Å². The molecular weight excluding hydrogens is 408 g/mol. The van der Waals surface area contributed by atoms with Crippen LogP contribution < -0.4 is 10.5 Å². The molecule has 1 aliphatic rings. The van der Waals surface area contributed by atoms with Crippen molar-refractivity contribution in [2.45, 2.75) is 38.9 Å². The molecule has 1 aromatic heterocycles. The molecule has 0 saturated heterocycles. The van der Waals surface area contributed by atoms with E-state index in [1.165, 1.54) is 11.1 Å². The summed E-state index contributed by atoms with van der Waals surface area (Å²) < 4.78 is 11.2. The molecule has 32 heavy (non-hydrogen) atoms. The normalized spacial score (nSPS) is 15.4. The summed E-state index contributed by atoms with van der Waals surface area (Å²) in [4.78, 5) is 6.76. The predicted octanol–water partition coefficient (Wildman–Crippen LogP) is 2.53. The molecular formula is C24H30N4O4. The highest BCUT2D eigenvalue weighted by Crippen LogP contribution is 2.30. The standard InChI is InChI=1S/C24H30N4O4/c1-15(2)31-22-6-5-19(12-21(22)25)24-26-23(27-32-24)18-4-3-16-7-9-28(13-20(30)14-29)10-8-17(16)11-18/h3-6,11-12,15,20,29-30H,7-10,13-14,25H2,1-2H3/t20-/m1/s1. The summed E-state index contributed by atoms with van der Waals surface area (Å²) >= 11 is 0. The number of ether oxygens (including phenoxy) is 1. The maximum Gasteiger partial charge on any atom is 0.258 e. The van der Waals surface area contributed by atoms with Crippen molar-refractivity contribution in [3.63, 3.8) is 0 Å². The van der Waals surface area contributed by atoms with Gasteiger partial charge in [-0.15, -0.1) is 0 Å². The number of anilines is 1. The summed E-state index contributed by atoms with van der Waals surface area (Å²) in [5.74, 6) is 1.57. The van der Waals surface area contributed by atoms with E-state index in [0.29, 0.717) is 29.7 Å². The Balaban J connectivity index is 1.50. The van der Waals surface area contributed by atoms with Crippen LogP contribution in [0, 0.1) is 0 Å². The van der Waals surface area contributed by atoms with Gasteiger partial charge in [-0.3, -0.25) is 0 Å². The van der Waals surface area contributed by atoms with Gasteiger partial charge in [0.15, 0.2) is 0 Å². The second kappa shape index (κ2) is 9.68. The molecule has 4 N–H and O–H groups in total. The van der Waals surface area contributed by atoms with Gasteiger partial charge in [-0.2, -0.15) is 4.98 Å². The summed E-state index contributed by atoms with van der Waals surface area (Å²) in [5, 5.41) is 23.0. The van der Waals surface area contributed by atoms with Gasteiger partial charge in [0.05, 0.1) is 24.5 Å². The third-order valence-corrected chi connectivity index (χ3v) is 5.58. The SMILES string of the molecule is CC(C)Oc1ccc(-c2nc(-c3ccc4c(c3)CCN(C[C@@H](O)CO)CC4)no2)cc1N. The lowest BCUT2D eigenvalue weighted by atomic mass is 10.00. The predicted molar refractivity (Wildman–Crippen MR) is 122 cm³/mol. The molecule has 0 bridgehead atoms. The van der Waals surface area contributed by atoms with Gasteiger partial charge in [-0.1, -0.05) is 17.3 Å². The molecule has 8 nitrogen and oxygen atoms in total. The molecule has 3 aromatic rings. The lowest BCUT2D eigenvalue weighted by Gasteiger charge is -2.21. The average Bonchev–Trinajstić information content (AvgIpc) is 3.18. The quantitative estimate of drug-likeness (QED) is 0.482. The molecule has 0 spiro atoms. The van der Waals surface area contributed by atoms with Crippen LogP contribution >= 0.6 is 0 Å². The van der Waals surface area contributed by atoms with Crippen LogP contribution in [-0.4, -0.2) is 63.7 Å². The Hall–Kier alpha value is -2.94. The number of hydrogen-bond acceptors (Lipinski definition) is 8.